The first-order valence-corrected chi connectivity index (χ1v) is 6.58. The third kappa shape index (κ3) is 11.5. The number of rotatable bonds is 10. The van der Waals surface area contributed by atoms with Crippen molar-refractivity contribution in [2.45, 2.75) is 52.4 Å². The lowest BCUT2D eigenvalue weighted by Gasteiger charge is -2.06. The summed E-state index contributed by atoms with van der Waals surface area (Å²) in [5.41, 5.74) is 0. The number of hydrogen-bond donors (Lipinski definition) is 2. The molecule has 0 saturated carbocycles. The fourth-order valence-electron chi connectivity index (χ4n) is 1.59. The summed E-state index contributed by atoms with van der Waals surface area (Å²) >= 11 is 0. The van der Waals surface area contributed by atoms with Crippen molar-refractivity contribution < 1.29 is 4.79 Å². The lowest BCUT2D eigenvalue weighted by atomic mass is 10.0. The van der Waals surface area contributed by atoms with Crippen molar-refractivity contribution in [3.63, 3.8) is 0 Å². The van der Waals surface area contributed by atoms with Crippen molar-refractivity contribution in [1.29, 1.82) is 0 Å². The van der Waals surface area contributed by atoms with E-state index in [0.29, 0.717) is 6.42 Å². The van der Waals surface area contributed by atoms with Gasteiger partial charge in [-0.3, -0.25) is 4.79 Å². The molecule has 0 aromatic rings. The van der Waals surface area contributed by atoms with Gasteiger partial charge in [0.05, 0.1) is 0 Å². The molecule has 96 valence electrons. The highest BCUT2D eigenvalue weighted by Crippen LogP contribution is 2.08. The number of amides is 1. The van der Waals surface area contributed by atoms with Crippen molar-refractivity contribution in [3.8, 4) is 0 Å². The van der Waals surface area contributed by atoms with Crippen LogP contribution in [0.25, 0.3) is 0 Å². The number of carbonyl (C=O) groups is 1. The summed E-state index contributed by atoms with van der Waals surface area (Å²) in [6.45, 7) is 6.13. The van der Waals surface area contributed by atoms with Crippen LogP contribution in [0.5, 0.6) is 0 Å². The van der Waals surface area contributed by atoms with Crippen LogP contribution in [0.4, 0.5) is 0 Å². The van der Waals surface area contributed by atoms with Crippen LogP contribution in [0.2, 0.25) is 0 Å². The molecule has 0 bridgehead atoms. The zero-order valence-electron chi connectivity index (χ0n) is 11.1. The summed E-state index contributed by atoms with van der Waals surface area (Å²) in [6.07, 6.45) is 6.89. The zero-order chi connectivity index (χ0) is 12.2. The molecule has 3 heteroatoms. The molecule has 0 aliphatic heterocycles. The van der Waals surface area contributed by atoms with Crippen LogP contribution in [-0.2, 0) is 4.79 Å². The molecule has 3 nitrogen and oxygen atoms in total. The lowest BCUT2D eigenvalue weighted by molar-refractivity contribution is -0.120. The van der Waals surface area contributed by atoms with E-state index in [2.05, 4.69) is 24.5 Å². The van der Waals surface area contributed by atoms with Gasteiger partial charge in [-0.05, 0) is 19.4 Å². The predicted molar refractivity (Wildman–Crippen MR) is 69.5 cm³/mol. The Morgan fingerprint density at radius 1 is 1.06 bits per heavy atom. The minimum Gasteiger partial charge on any atom is -0.356 e. The molecule has 0 heterocycles. The third-order valence-corrected chi connectivity index (χ3v) is 2.63. The molecule has 16 heavy (non-hydrogen) atoms. The molecule has 0 radical (unpaired) electrons. The monoisotopic (exact) mass is 228 g/mol. The van der Waals surface area contributed by atoms with Crippen molar-refractivity contribution in [2.75, 3.05) is 20.1 Å². The van der Waals surface area contributed by atoms with Gasteiger partial charge in [0.15, 0.2) is 0 Å². The molecular weight excluding hydrogens is 200 g/mol. The molecule has 0 aliphatic rings. The SMILES string of the molecule is CNCCC(=O)NCCCCCCC(C)C. The quantitative estimate of drug-likeness (QED) is 0.563. The van der Waals surface area contributed by atoms with Crippen molar-refractivity contribution in [2.24, 2.45) is 5.92 Å². The number of nitrogens with one attached hydrogen (secondary N) is 2. The molecule has 2 N–H and O–H groups in total. The van der Waals surface area contributed by atoms with E-state index in [-0.39, 0.29) is 5.91 Å². The largest absolute Gasteiger partial charge is 0.356 e. The first-order chi connectivity index (χ1) is 7.66. The van der Waals surface area contributed by atoms with E-state index in [1.165, 1.54) is 25.7 Å². The first-order valence-electron chi connectivity index (χ1n) is 6.58. The van der Waals surface area contributed by atoms with Crippen LogP contribution >= 0.6 is 0 Å². The Morgan fingerprint density at radius 3 is 2.38 bits per heavy atom. The Hall–Kier alpha value is -0.570. The maximum Gasteiger partial charge on any atom is 0.221 e. The summed E-state index contributed by atoms with van der Waals surface area (Å²) in [4.78, 5) is 11.2. The van der Waals surface area contributed by atoms with Crippen molar-refractivity contribution in [3.05, 3.63) is 0 Å². The van der Waals surface area contributed by atoms with Gasteiger partial charge in [0, 0.05) is 19.5 Å². The number of unbranched alkanes of at least 4 members (excludes halogenated alkanes) is 3. The smallest absolute Gasteiger partial charge is 0.221 e. The Morgan fingerprint density at radius 2 is 1.75 bits per heavy atom. The second kappa shape index (κ2) is 10.9. The van der Waals surface area contributed by atoms with Crippen LogP contribution in [0.3, 0.4) is 0 Å². The number of carbonyl (C=O) groups excluding carboxylic acids is 1. The standard InChI is InChI=1S/C13H28N2O/c1-12(2)8-6-4-5-7-10-15-13(16)9-11-14-3/h12,14H,4-11H2,1-3H3,(H,15,16). The molecule has 0 aliphatic carbocycles. The van der Waals surface area contributed by atoms with Crippen LogP contribution in [0.15, 0.2) is 0 Å². The normalized spacial score (nSPS) is 10.8. The highest BCUT2D eigenvalue weighted by atomic mass is 16.1. The highest BCUT2D eigenvalue weighted by molar-refractivity contribution is 5.75. The minimum absolute atomic E-state index is 0.163. The molecule has 0 spiro atoms. The van der Waals surface area contributed by atoms with Gasteiger partial charge in [0.2, 0.25) is 5.91 Å². The maximum absolute atomic E-state index is 11.2. The van der Waals surface area contributed by atoms with Gasteiger partial charge in [0.1, 0.15) is 0 Å². The van der Waals surface area contributed by atoms with E-state index in [1.807, 2.05) is 7.05 Å². The van der Waals surface area contributed by atoms with E-state index >= 15 is 0 Å². The molecule has 0 saturated heterocycles. The zero-order valence-corrected chi connectivity index (χ0v) is 11.1. The van der Waals surface area contributed by atoms with Crippen LogP contribution in [0.1, 0.15) is 52.4 Å². The Kier molecular flexibility index (Phi) is 10.5. The predicted octanol–water partition coefficient (Wildman–Crippen LogP) is 2.32. The summed E-state index contributed by atoms with van der Waals surface area (Å²) in [7, 11) is 1.86. The summed E-state index contributed by atoms with van der Waals surface area (Å²) in [5.74, 6) is 0.984. The average Bonchev–Trinajstić information content (AvgIpc) is 2.24. The average molecular weight is 228 g/mol. The second-order valence-corrected chi connectivity index (χ2v) is 4.80. The fraction of sp³-hybridized carbons (Fsp3) is 0.923. The Labute approximate surface area is 100 Å². The molecular formula is C13H28N2O. The minimum atomic E-state index is 0.163. The van der Waals surface area contributed by atoms with Crippen LogP contribution in [0, 0.1) is 5.92 Å². The van der Waals surface area contributed by atoms with Crippen LogP contribution < -0.4 is 10.6 Å². The Bertz CT molecular complexity index is 169. The molecule has 0 unspecified atom stereocenters. The summed E-state index contributed by atoms with van der Waals surface area (Å²) in [6, 6.07) is 0. The van der Waals surface area contributed by atoms with E-state index < -0.39 is 0 Å². The van der Waals surface area contributed by atoms with Gasteiger partial charge < -0.3 is 10.6 Å². The Balaban J connectivity index is 3.11. The van der Waals surface area contributed by atoms with Gasteiger partial charge >= 0.3 is 0 Å². The van der Waals surface area contributed by atoms with Gasteiger partial charge in [-0.25, -0.2) is 0 Å². The highest BCUT2D eigenvalue weighted by Gasteiger charge is 1.99. The van der Waals surface area contributed by atoms with Gasteiger partial charge in [0.25, 0.3) is 0 Å². The van der Waals surface area contributed by atoms with E-state index in [4.69, 9.17) is 0 Å². The first kappa shape index (κ1) is 15.4. The molecule has 0 atom stereocenters. The maximum atomic E-state index is 11.2. The molecule has 0 aromatic carbocycles. The topological polar surface area (TPSA) is 41.1 Å². The van der Waals surface area contributed by atoms with Crippen molar-refractivity contribution in [1.82, 2.24) is 10.6 Å². The molecule has 0 fully saturated rings. The third-order valence-electron chi connectivity index (χ3n) is 2.63. The van der Waals surface area contributed by atoms with Gasteiger partial charge in [-0.2, -0.15) is 0 Å². The molecule has 1 amide bonds. The van der Waals surface area contributed by atoms with E-state index in [0.717, 1.165) is 25.4 Å². The summed E-state index contributed by atoms with van der Waals surface area (Å²) < 4.78 is 0. The second-order valence-electron chi connectivity index (χ2n) is 4.80. The lowest BCUT2D eigenvalue weighted by Crippen LogP contribution is -2.27. The summed E-state index contributed by atoms with van der Waals surface area (Å²) in [5, 5.41) is 5.90. The fourth-order valence-corrected chi connectivity index (χ4v) is 1.59. The van der Waals surface area contributed by atoms with Gasteiger partial charge in [-0.15, -0.1) is 0 Å². The van der Waals surface area contributed by atoms with Gasteiger partial charge in [-0.1, -0.05) is 39.5 Å². The van der Waals surface area contributed by atoms with E-state index in [1.54, 1.807) is 0 Å². The van der Waals surface area contributed by atoms with Crippen molar-refractivity contribution >= 4 is 5.91 Å². The molecule has 0 aromatic heterocycles. The van der Waals surface area contributed by atoms with Crippen LogP contribution in [-0.4, -0.2) is 26.0 Å². The molecule has 0 rings (SSSR count). The van der Waals surface area contributed by atoms with E-state index in [9.17, 15) is 4.79 Å². The number of hydrogen-bond acceptors (Lipinski definition) is 2.